The number of nitrogens with two attached hydrogens (primary N) is 1. The predicted octanol–water partition coefficient (Wildman–Crippen LogP) is 0.394. The summed E-state index contributed by atoms with van der Waals surface area (Å²) < 4.78 is 0. The number of carbonyl (C=O) groups is 1. The average molecular weight is 182 g/mol. The molecule has 0 saturated carbocycles. The van der Waals surface area contributed by atoms with Crippen molar-refractivity contribution in [2.75, 3.05) is 5.32 Å². The molecule has 0 unspecified atom stereocenters. The Hall–Kier alpha value is -1.36. The molecule has 1 aromatic heterocycles. The molecule has 0 aliphatic rings. The van der Waals surface area contributed by atoms with Crippen LogP contribution in [0.25, 0.3) is 0 Å². The first-order valence-electron chi connectivity index (χ1n) is 4.21. The van der Waals surface area contributed by atoms with Crippen molar-refractivity contribution in [1.82, 2.24) is 10.2 Å². The minimum Gasteiger partial charge on any atom is -0.320 e. The molecule has 5 nitrogen and oxygen atoms in total. The number of hydrogen-bond acceptors (Lipinski definition) is 3. The van der Waals surface area contributed by atoms with Crippen LogP contribution in [0.3, 0.4) is 0 Å². The van der Waals surface area contributed by atoms with Gasteiger partial charge in [0, 0.05) is 5.56 Å². The van der Waals surface area contributed by atoms with Gasteiger partial charge in [0.25, 0.3) is 0 Å². The standard InChI is InChI=1S/C8H14N4O/c1-3-6(9)8(13)11-7-5(2)4-10-12-7/h4,6H,3,9H2,1-2H3,(H2,10,11,12,13)/t6-/m0/s1. The van der Waals surface area contributed by atoms with Crippen LogP contribution in [-0.4, -0.2) is 22.1 Å². The van der Waals surface area contributed by atoms with Gasteiger partial charge in [0.05, 0.1) is 12.2 Å². The quantitative estimate of drug-likeness (QED) is 0.632. The lowest BCUT2D eigenvalue weighted by molar-refractivity contribution is -0.117. The predicted molar refractivity (Wildman–Crippen MR) is 50.2 cm³/mol. The third-order valence-corrected chi connectivity index (χ3v) is 1.85. The van der Waals surface area contributed by atoms with Crippen molar-refractivity contribution < 1.29 is 4.79 Å². The summed E-state index contributed by atoms with van der Waals surface area (Å²) >= 11 is 0. The summed E-state index contributed by atoms with van der Waals surface area (Å²) in [5.41, 5.74) is 6.44. The minimum atomic E-state index is -0.456. The monoisotopic (exact) mass is 182 g/mol. The molecule has 0 bridgehead atoms. The Kier molecular flexibility index (Phi) is 3.02. The molecule has 72 valence electrons. The van der Waals surface area contributed by atoms with E-state index in [1.165, 1.54) is 0 Å². The van der Waals surface area contributed by atoms with Crippen LogP contribution >= 0.6 is 0 Å². The van der Waals surface area contributed by atoms with Crippen LogP contribution in [0.2, 0.25) is 0 Å². The van der Waals surface area contributed by atoms with Crippen molar-refractivity contribution in [2.24, 2.45) is 5.73 Å². The van der Waals surface area contributed by atoms with Gasteiger partial charge in [0.1, 0.15) is 5.82 Å². The lowest BCUT2D eigenvalue weighted by Gasteiger charge is -2.08. The molecule has 5 heteroatoms. The molecule has 1 aromatic rings. The first-order valence-corrected chi connectivity index (χ1v) is 4.21. The highest BCUT2D eigenvalue weighted by atomic mass is 16.2. The second-order valence-electron chi connectivity index (χ2n) is 2.93. The van der Waals surface area contributed by atoms with E-state index < -0.39 is 6.04 Å². The van der Waals surface area contributed by atoms with Crippen molar-refractivity contribution in [1.29, 1.82) is 0 Å². The van der Waals surface area contributed by atoms with E-state index in [0.717, 1.165) is 5.56 Å². The number of aromatic nitrogens is 2. The number of hydrogen-bond donors (Lipinski definition) is 3. The van der Waals surface area contributed by atoms with Gasteiger partial charge in [-0.25, -0.2) is 0 Å². The highest BCUT2D eigenvalue weighted by Crippen LogP contribution is 2.08. The number of H-pyrrole nitrogens is 1. The fourth-order valence-corrected chi connectivity index (χ4v) is 0.874. The van der Waals surface area contributed by atoms with Crippen molar-refractivity contribution in [2.45, 2.75) is 26.3 Å². The first-order chi connectivity index (χ1) is 6.15. The summed E-state index contributed by atoms with van der Waals surface area (Å²) in [7, 11) is 0. The van der Waals surface area contributed by atoms with Gasteiger partial charge in [0.2, 0.25) is 5.91 Å². The molecule has 0 saturated heterocycles. The number of anilines is 1. The number of aromatic amines is 1. The maximum Gasteiger partial charge on any atom is 0.242 e. The van der Waals surface area contributed by atoms with Gasteiger partial charge in [-0.3, -0.25) is 9.89 Å². The summed E-state index contributed by atoms with van der Waals surface area (Å²) in [4.78, 5) is 11.3. The van der Waals surface area contributed by atoms with Gasteiger partial charge in [-0.1, -0.05) is 6.92 Å². The SMILES string of the molecule is CC[C@H](N)C(=O)Nc1[nH]ncc1C. The Labute approximate surface area is 76.7 Å². The Bertz CT molecular complexity index is 294. The zero-order valence-electron chi connectivity index (χ0n) is 7.79. The molecule has 0 aliphatic heterocycles. The largest absolute Gasteiger partial charge is 0.320 e. The molecule has 13 heavy (non-hydrogen) atoms. The molecule has 1 heterocycles. The minimum absolute atomic E-state index is 0.185. The van der Waals surface area contributed by atoms with Crippen LogP contribution in [0.4, 0.5) is 5.82 Å². The summed E-state index contributed by atoms with van der Waals surface area (Å²) in [5, 5.41) is 9.12. The van der Waals surface area contributed by atoms with E-state index in [4.69, 9.17) is 5.73 Å². The van der Waals surface area contributed by atoms with E-state index in [9.17, 15) is 4.79 Å². The van der Waals surface area contributed by atoms with Crippen LogP contribution in [0, 0.1) is 6.92 Å². The zero-order chi connectivity index (χ0) is 9.84. The van der Waals surface area contributed by atoms with Crippen LogP contribution in [0.1, 0.15) is 18.9 Å². The van der Waals surface area contributed by atoms with Crippen molar-refractivity contribution in [3.05, 3.63) is 11.8 Å². The molecule has 0 aliphatic carbocycles. The van der Waals surface area contributed by atoms with Gasteiger partial charge in [0.15, 0.2) is 0 Å². The fraction of sp³-hybridized carbons (Fsp3) is 0.500. The lowest BCUT2D eigenvalue weighted by atomic mass is 10.2. The molecule has 1 amide bonds. The molecule has 0 radical (unpaired) electrons. The number of amides is 1. The number of nitrogens with zero attached hydrogens (tertiary/aromatic N) is 1. The Morgan fingerprint density at radius 2 is 2.54 bits per heavy atom. The number of aryl methyl sites for hydroxylation is 1. The van der Waals surface area contributed by atoms with Gasteiger partial charge in [-0.15, -0.1) is 0 Å². The lowest BCUT2D eigenvalue weighted by Crippen LogP contribution is -2.35. The van der Waals surface area contributed by atoms with E-state index in [1.807, 2.05) is 13.8 Å². The van der Waals surface area contributed by atoms with Gasteiger partial charge < -0.3 is 11.1 Å². The topological polar surface area (TPSA) is 83.8 Å². The number of nitrogens with one attached hydrogen (secondary N) is 2. The molecule has 4 N–H and O–H groups in total. The summed E-state index contributed by atoms with van der Waals surface area (Å²) in [6.07, 6.45) is 2.27. The van der Waals surface area contributed by atoms with Crippen LogP contribution in [0.15, 0.2) is 6.20 Å². The number of rotatable bonds is 3. The normalized spacial score (nSPS) is 12.5. The Balaban J connectivity index is 2.60. The Morgan fingerprint density at radius 3 is 3.00 bits per heavy atom. The maximum absolute atomic E-state index is 11.3. The van der Waals surface area contributed by atoms with Crippen LogP contribution < -0.4 is 11.1 Å². The van der Waals surface area contributed by atoms with E-state index >= 15 is 0 Å². The van der Waals surface area contributed by atoms with Gasteiger partial charge in [-0.2, -0.15) is 5.10 Å². The second kappa shape index (κ2) is 4.04. The third-order valence-electron chi connectivity index (χ3n) is 1.85. The summed E-state index contributed by atoms with van der Waals surface area (Å²) in [5.74, 6) is 0.434. The van der Waals surface area contributed by atoms with Crippen molar-refractivity contribution in [3.63, 3.8) is 0 Å². The van der Waals surface area contributed by atoms with Crippen molar-refractivity contribution >= 4 is 11.7 Å². The van der Waals surface area contributed by atoms with Gasteiger partial charge >= 0.3 is 0 Å². The van der Waals surface area contributed by atoms with E-state index in [2.05, 4.69) is 15.5 Å². The summed E-state index contributed by atoms with van der Waals surface area (Å²) in [6, 6.07) is -0.456. The Morgan fingerprint density at radius 1 is 1.85 bits per heavy atom. The molecular formula is C8H14N4O. The molecule has 1 rings (SSSR count). The molecule has 1 atom stereocenters. The molecule has 0 fully saturated rings. The highest BCUT2D eigenvalue weighted by Gasteiger charge is 2.12. The second-order valence-corrected chi connectivity index (χ2v) is 2.93. The van der Waals surface area contributed by atoms with Crippen LogP contribution in [0.5, 0.6) is 0 Å². The first kappa shape index (κ1) is 9.73. The third kappa shape index (κ3) is 2.29. The molecular weight excluding hydrogens is 168 g/mol. The smallest absolute Gasteiger partial charge is 0.242 e. The fourth-order valence-electron chi connectivity index (χ4n) is 0.874. The van der Waals surface area contributed by atoms with E-state index in [1.54, 1.807) is 6.20 Å². The average Bonchev–Trinajstić information content (AvgIpc) is 2.50. The summed E-state index contributed by atoms with van der Waals surface area (Å²) in [6.45, 7) is 3.72. The van der Waals surface area contributed by atoms with E-state index in [-0.39, 0.29) is 5.91 Å². The highest BCUT2D eigenvalue weighted by molar-refractivity contribution is 5.94. The molecule has 0 aromatic carbocycles. The number of carbonyl (C=O) groups excluding carboxylic acids is 1. The molecule has 0 spiro atoms. The van der Waals surface area contributed by atoms with E-state index in [0.29, 0.717) is 12.2 Å². The van der Waals surface area contributed by atoms with Crippen molar-refractivity contribution in [3.8, 4) is 0 Å². The zero-order valence-corrected chi connectivity index (χ0v) is 7.79. The van der Waals surface area contributed by atoms with Gasteiger partial charge in [-0.05, 0) is 13.3 Å². The van der Waals surface area contributed by atoms with Crippen LogP contribution in [-0.2, 0) is 4.79 Å². The maximum atomic E-state index is 11.3.